The summed E-state index contributed by atoms with van der Waals surface area (Å²) in [7, 11) is 0. The largest absolute Gasteiger partial charge is 0.472 e. The summed E-state index contributed by atoms with van der Waals surface area (Å²) in [5, 5.41) is 4.15. The van der Waals surface area contributed by atoms with E-state index in [9.17, 15) is 4.79 Å². The van der Waals surface area contributed by atoms with Crippen molar-refractivity contribution in [3.63, 3.8) is 0 Å². The molecule has 1 N–H and O–H groups in total. The van der Waals surface area contributed by atoms with Gasteiger partial charge < -0.3 is 14.6 Å². The van der Waals surface area contributed by atoms with Crippen LogP contribution in [0.25, 0.3) is 0 Å². The maximum atomic E-state index is 12.1. The van der Waals surface area contributed by atoms with Gasteiger partial charge in [0.15, 0.2) is 0 Å². The monoisotopic (exact) mass is 318 g/mol. The summed E-state index contributed by atoms with van der Waals surface area (Å²) in [6.07, 6.45) is 4.78. The van der Waals surface area contributed by atoms with Crippen LogP contribution in [-0.4, -0.2) is 29.9 Å². The van der Waals surface area contributed by atoms with Gasteiger partial charge >= 0.3 is 0 Å². The molecule has 0 unspecified atom stereocenters. The Kier molecular flexibility index (Phi) is 4.80. The number of furan rings is 1. The first-order valence-corrected chi connectivity index (χ1v) is 7.85. The number of likely N-dealkylation sites (tertiary alicyclic amines) is 1. The average molecular weight is 319 g/mol. The molecule has 1 aliphatic heterocycles. The molecule has 1 aliphatic rings. The number of rotatable bonds is 6. The first kappa shape index (κ1) is 15.1. The SMILES string of the molecule is O=C1C[C@@H](NCc2ccoc2)CN1CCc1cccc(Cl)c1. The van der Waals surface area contributed by atoms with Crippen LogP contribution in [0.3, 0.4) is 0 Å². The minimum Gasteiger partial charge on any atom is -0.472 e. The summed E-state index contributed by atoms with van der Waals surface area (Å²) >= 11 is 5.98. The standard InChI is InChI=1S/C17H19ClN2O2/c18-15-3-1-2-13(8-15)4-6-20-11-16(9-17(20)21)19-10-14-5-7-22-12-14/h1-3,5,7-8,12,16,19H,4,6,9-11H2/t16-/m1/s1. The number of carbonyl (C=O) groups is 1. The molecule has 1 fully saturated rings. The summed E-state index contributed by atoms with van der Waals surface area (Å²) in [6, 6.07) is 9.95. The van der Waals surface area contributed by atoms with Crippen LogP contribution >= 0.6 is 11.6 Å². The Morgan fingerprint density at radius 2 is 2.23 bits per heavy atom. The number of carbonyl (C=O) groups excluding carboxylic acids is 1. The molecule has 0 radical (unpaired) electrons. The van der Waals surface area contributed by atoms with Gasteiger partial charge in [-0.1, -0.05) is 23.7 Å². The number of nitrogens with zero attached hydrogens (tertiary/aromatic N) is 1. The van der Waals surface area contributed by atoms with Gasteiger partial charge in [-0.3, -0.25) is 4.79 Å². The number of benzene rings is 1. The molecule has 2 aromatic rings. The quantitative estimate of drug-likeness (QED) is 0.891. The van der Waals surface area contributed by atoms with Crippen LogP contribution < -0.4 is 5.32 Å². The summed E-state index contributed by atoms with van der Waals surface area (Å²) in [5.74, 6) is 0.215. The van der Waals surface area contributed by atoms with E-state index < -0.39 is 0 Å². The maximum absolute atomic E-state index is 12.1. The predicted molar refractivity (Wildman–Crippen MR) is 85.7 cm³/mol. The third-order valence-corrected chi connectivity index (χ3v) is 4.18. The first-order chi connectivity index (χ1) is 10.7. The zero-order valence-electron chi connectivity index (χ0n) is 12.3. The van der Waals surface area contributed by atoms with Crippen LogP contribution in [0.4, 0.5) is 0 Å². The molecule has 4 nitrogen and oxygen atoms in total. The number of hydrogen-bond acceptors (Lipinski definition) is 3. The molecule has 22 heavy (non-hydrogen) atoms. The van der Waals surface area contributed by atoms with Gasteiger partial charge in [0.05, 0.1) is 12.5 Å². The highest BCUT2D eigenvalue weighted by atomic mass is 35.5. The van der Waals surface area contributed by atoms with Crippen LogP contribution in [0, 0.1) is 0 Å². The molecular formula is C17H19ClN2O2. The molecule has 1 saturated heterocycles. The van der Waals surface area contributed by atoms with E-state index in [4.69, 9.17) is 16.0 Å². The molecule has 2 heterocycles. The summed E-state index contributed by atoms with van der Waals surface area (Å²) in [6.45, 7) is 2.23. The molecule has 1 atom stereocenters. The lowest BCUT2D eigenvalue weighted by atomic mass is 10.1. The number of halogens is 1. The zero-order chi connectivity index (χ0) is 15.4. The van der Waals surface area contributed by atoms with Crippen LogP contribution in [0.1, 0.15) is 17.5 Å². The van der Waals surface area contributed by atoms with Gasteiger partial charge in [-0.15, -0.1) is 0 Å². The Morgan fingerprint density at radius 3 is 3.00 bits per heavy atom. The van der Waals surface area contributed by atoms with E-state index in [1.807, 2.05) is 35.2 Å². The van der Waals surface area contributed by atoms with Crippen LogP contribution in [0.5, 0.6) is 0 Å². The number of hydrogen-bond donors (Lipinski definition) is 1. The highest BCUT2D eigenvalue weighted by Gasteiger charge is 2.28. The van der Waals surface area contributed by atoms with Crippen LogP contribution in [0.15, 0.2) is 47.3 Å². The molecule has 3 rings (SSSR count). The second-order valence-electron chi connectivity index (χ2n) is 5.63. The van der Waals surface area contributed by atoms with E-state index in [1.165, 1.54) is 0 Å². The summed E-state index contributed by atoms with van der Waals surface area (Å²) in [5.41, 5.74) is 2.26. The van der Waals surface area contributed by atoms with Gasteiger partial charge in [0.1, 0.15) is 0 Å². The van der Waals surface area contributed by atoms with E-state index in [1.54, 1.807) is 12.5 Å². The normalized spacial score (nSPS) is 18.1. The minimum absolute atomic E-state index is 0.210. The molecule has 5 heteroatoms. The van der Waals surface area contributed by atoms with Crippen molar-refractivity contribution in [2.45, 2.75) is 25.4 Å². The van der Waals surface area contributed by atoms with Crippen molar-refractivity contribution in [2.75, 3.05) is 13.1 Å². The van der Waals surface area contributed by atoms with Crippen molar-refractivity contribution in [3.05, 3.63) is 59.0 Å². The topological polar surface area (TPSA) is 45.5 Å². The Hall–Kier alpha value is -1.78. The molecule has 1 aromatic carbocycles. The summed E-state index contributed by atoms with van der Waals surface area (Å²) < 4.78 is 5.04. The number of nitrogens with one attached hydrogen (secondary N) is 1. The Bertz CT molecular complexity index is 627. The van der Waals surface area contributed by atoms with Crippen molar-refractivity contribution in [3.8, 4) is 0 Å². The molecule has 0 spiro atoms. The predicted octanol–water partition coefficient (Wildman–Crippen LogP) is 2.87. The fraction of sp³-hybridized carbons (Fsp3) is 0.353. The Morgan fingerprint density at radius 1 is 1.32 bits per heavy atom. The van der Waals surface area contributed by atoms with Crippen LogP contribution in [-0.2, 0) is 17.8 Å². The number of amides is 1. The third kappa shape index (κ3) is 3.90. The van der Waals surface area contributed by atoms with Gasteiger partial charge in [-0.25, -0.2) is 0 Å². The molecule has 1 aromatic heterocycles. The van der Waals surface area contributed by atoms with E-state index in [-0.39, 0.29) is 11.9 Å². The fourth-order valence-electron chi connectivity index (χ4n) is 2.74. The van der Waals surface area contributed by atoms with Crippen molar-refractivity contribution >= 4 is 17.5 Å². The molecular weight excluding hydrogens is 300 g/mol. The third-order valence-electron chi connectivity index (χ3n) is 3.95. The van der Waals surface area contributed by atoms with Crippen molar-refractivity contribution in [1.82, 2.24) is 10.2 Å². The Labute approximate surface area is 135 Å². The van der Waals surface area contributed by atoms with E-state index in [0.717, 1.165) is 42.2 Å². The van der Waals surface area contributed by atoms with E-state index in [0.29, 0.717) is 6.42 Å². The summed E-state index contributed by atoms with van der Waals surface area (Å²) in [4.78, 5) is 14.0. The lowest BCUT2D eigenvalue weighted by molar-refractivity contribution is -0.127. The molecule has 0 bridgehead atoms. The second-order valence-corrected chi connectivity index (χ2v) is 6.07. The van der Waals surface area contributed by atoms with E-state index >= 15 is 0 Å². The van der Waals surface area contributed by atoms with Gasteiger partial charge in [0, 0.05) is 42.7 Å². The molecule has 1 amide bonds. The Balaban J connectivity index is 1.47. The maximum Gasteiger partial charge on any atom is 0.224 e. The highest BCUT2D eigenvalue weighted by Crippen LogP contribution is 2.15. The van der Waals surface area contributed by atoms with Gasteiger partial charge in [0.25, 0.3) is 0 Å². The molecule has 116 valence electrons. The fourth-order valence-corrected chi connectivity index (χ4v) is 2.95. The van der Waals surface area contributed by atoms with Gasteiger partial charge in [-0.05, 0) is 30.2 Å². The van der Waals surface area contributed by atoms with Gasteiger partial charge in [-0.2, -0.15) is 0 Å². The molecule has 0 saturated carbocycles. The molecule has 0 aliphatic carbocycles. The average Bonchev–Trinajstić information content (AvgIpc) is 3.13. The lowest BCUT2D eigenvalue weighted by Gasteiger charge is -2.17. The highest BCUT2D eigenvalue weighted by molar-refractivity contribution is 6.30. The minimum atomic E-state index is 0.210. The first-order valence-electron chi connectivity index (χ1n) is 7.47. The lowest BCUT2D eigenvalue weighted by Crippen LogP contribution is -2.33. The zero-order valence-corrected chi connectivity index (χ0v) is 13.1. The second kappa shape index (κ2) is 6.99. The van der Waals surface area contributed by atoms with Crippen LogP contribution in [0.2, 0.25) is 5.02 Å². The van der Waals surface area contributed by atoms with Crippen molar-refractivity contribution in [1.29, 1.82) is 0 Å². The van der Waals surface area contributed by atoms with Gasteiger partial charge in [0.2, 0.25) is 5.91 Å². The van der Waals surface area contributed by atoms with Crippen molar-refractivity contribution < 1.29 is 9.21 Å². The van der Waals surface area contributed by atoms with E-state index in [2.05, 4.69) is 5.32 Å². The smallest absolute Gasteiger partial charge is 0.224 e. The van der Waals surface area contributed by atoms with Crippen molar-refractivity contribution in [2.24, 2.45) is 0 Å².